The third-order valence-corrected chi connectivity index (χ3v) is 4.36. The highest BCUT2D eigenvalue weighted by molar-refractivity contribution is 5.85. The molecule has 0 radical (unpaired) electrons. The molecule has 5 nitrogen and oxygen atoms in total. The molecule has 1 N–H and O–H groups in total. The Bertz CT molecular complexity index is 570. The average Bonchev–Trinajstić information content (AvgIpc) is 2.55. The summed E-state index contributed by atoms with van der Waals surface area (Å²) in [5, 5.41) is 3.23. The molecule has 0 spiro atoms. The molecule has 1 aromatic carbocycles. The Labute approximate surface area is 157 Å². The summed E-state index contributed by atoms with van der Waals surface area (Å²) >= 11 is 0. The highest BCUT2D eigenvalue weighted by Crippen LogP contribution is 2.32. The van der Waals surface area contributed by atoms with Crippen molar-refractivity contribution in [3.8, 4) is 5.75 Å². The van der Waals surface area contributed by atoms with Crippen LogP contribution in [0.4, 0.5) is 13.2 Å². The van der Waals surface area contributed by atoms with Crippen LogP contribution in [0.5, 0.6) is 5.75 Å². The van der Waals surface area contributed by atoms with E-state index in [-0.39, 0.29) is 24.1 Å². The molecule has 1 amide bonds. The van der Waals surface area contributed by atoms with E-state index in [9.17, 15) is 18.0 Å². The first-order valence-electron chi connectivity index (χ1n) is 8.06. The Balaban J connectivity index is 0.00000338. The van der Waals surface area contributed by atoms with Gasteiger partial charge in [-0.05, 0) is 43.6 Å². The van der Waals surface area contributed by atoms with Gasteiger partial charge in [0.15, 0.2) is 0 Å². The van der Waals surface area contributed by atoms with Gasteiger partial charge in [0.2, 0.25) is 5.91 Å². The topological polar surface area (TPSA) is 50.8 Å². The number of methoxy groups -OCH3 is 1. The zero-order valence-electron chi connectivity index (χ0n) is 14.8. The van der Waals surface area contributed by atoms with Crippen molar-refractivity contribution in [2.24, 2.45) is 5.41 Å². The van der Waals surface area contributed by atoms with Gasteiger partial charge in [0, 0.05) is 20.7 Å². The number of hydrogen-bond acceptors (Lipinski definition) is 4. The van der Waals surface area contributed by atoms with Crippen LogP contribution < -0.4 is 10.1 Å². The molecule has 0 bridgehead atoms. The van der Waals surface area contributed by atoms with Gasteiger partial charge in [-0.3, -0.25) is 4.79 Å². The Kier molecular flexibility index (Phi) is 8.17. The fourth-order valence-electron chi connectivity index (χ4n) is 3.15. The second-order valence-corrected chi connectivity index (χ2v) is 6.32. The summed E-state index contributed by atoms with van der Waals surface area (Å²) in [5.41, 5.74) is 0.181. The van der Waals surface area contributed by atoms with Crippen LogP contribution in [0, 0.1) is 5.41 Å². The summed E-state index contributed by atoms with van der Waals surface area (Å²) in [7, 11) is 3.28. The molecule has 0 aromatic heterocycles. The van der Waals surface area contributed by atoms with Crippen molar-refractivity contribution >= 4 is 18.3 Å². The van der Waals surface area contributed by atoms with Crippen LogP contribution in [0.2, 0.25) is 0 Å². The molecule has 1 heterocycles. The fourth-order valence-corrected chi connectivity index (χ4v) is 3.15. The van der Waals surface area contributed by atoms with Crippen molar-refractivity contribution in [2.75, 3.05) is 33.9 Å². The maximum atomic E-state index is 12.9. The summed E-state index contributed by atoms with van der Waals surface area (Å²) in [6.45, 7) is 2.18. The maximum absolute atomic E-state index is 12.9. The molecule has 148 valence electrons. The predicted octanol–water partition coefficient (Wildman–Crippen LogP) is 2.98. The molecule has 2 rings (SSSR count). The minimum absolute atomic E-state index is 0. The Morgan fingerprint density at radius 3 is 2.31 bits per heavy atom. The number of rotatable bonds is 6. The molecule has 1 aliphatic rings. The van der Waals surface area contributed by atoms with Gasteiger partial charge >= 0.3 is 6.36 Å². The third kappa shape index (κ3) is 6.03. The minimum Gasteiger partial charge on any atom is -0.406 e. The first-order valence-corrected chi connectivity index (χ1v) is 8.06. The van der Waals surface area contributed by atoms with Gasteiger partial charge in [-0.2, -0.15) is 0 Å². The van der Waals surface area contributed by atoms with Gasteiger partial charge in [0.05, 0.1) is 12.0 Å². The van der Waals surface area contributed by atoms with Crippen molar-refractivity contribution in [1.29, 1.82) is 0 Å². The van der Waals surface area contributed by atoms with E-state index in [4.69, 9.17) is 4.74 Å². The van der Waals surface area contributed by atoms with Crippen LogP contribution in [0.1, 0.15) is 18.4 Å². The largest absolute Gasteiger partial charge is 0.573 e. The molecule has 9 heteroatoms. The van der Waals surface area contributed by atoms with Crippen LogP contribution in [0.25, 0.3) is 0 Å². The molecule has 0 unspecified atom stereocenters. The number of piperidine rings is 1. The van der Waals surface area contributed by atoms with Crippen LogP contribution in [-0.2, 0) is 16.1 Å². The van der Waals surface area contributed by atoms with E-state index in [2.05, 4.69) is 10.1 Å². The number of halogens is 4. The summed E-state index contributed by atoms with van der Waals surface area (Å²) in [6, 6.07) is 5.54. The van der Waals surface area contributed by atoms with Crippen LogP contribution >= 0.6 is 12.4 Å². The Morgan fingerprint density at radius 1 is 1.23 bits per heavy atom. The molecule has 1 aliphatic heterocycles. The summed E-state index contributed by atoms with van der Waals surface area (Å²) in [5.74, 6) is -0.286. The Morgan fingerprint density at radius 2 is 1.81 bits per heavy atom. The number of hydrogen-bond donors (Lipinski definition) is 1. The molecule has 1 aromatic rings. The number of ether oxygens (including phenoxy) is 2. The number of alkyl halides is 3. The van der Waals surface area contributed by atoms with Crippen LogP contribution in [0.15, 0.2) is 24.3 Å². The molecule has 0 aliphatic carbocycles. The standard InChI is InChI=1S/C17H23F3N2O3.ClH/c1-22(15(23)16(12-24-2)7-9-21-10-8-16)11-13-3-5-14(6-4-13)25-17(18,19)20;/h3-6,21H,7-12H2,1-2H3;1H. The lowest BCUT2D eigenvalue weighted by atomic mass is 9.78. The SMILES string of the molecule is COCC1(C(=O)N(C)Cc2ccc(OC(F)(F)F)cc2)CCNCC1.Cl. The summed E-state index contributed by atoms with van der Waals surface area (Å²) in [6.07, 6.45) is -3.32. The van der Waals surface area contributed by atoms with Crippen molar-refractivity contribution < 1.29 is 27.4 Å². The summed E-state index contributed by atoms with van der Waals surface area (Å²) in [4.78, 5) is 14.5. The van der Waals surface area contributed by atoms with Gasteiger partial charge < -0.3 is 19.7 Å². The van der Waals surface area contributed by atoms with E-state index in [1.54, 1.807) is 19.1 Å². The van der Waals surface area contributed by atoms with Crippen molar-refractivity contribution in [3.63, 3.8) is 0 Å². The normalized spacial score (nSPS) is 16.5. The number of nitrogens with one attached hydrogen (secondary N) is 1. The number of carbonyl (C=O) groups excluding carboxylic acids is 1. The van der Waals surface area contributed by atoms with Gasteiger partial charge in [-0.15, -0.1) is 25.6 Å². The van der Waals surface area contributed by atoms with Gasteiger partial charge in [-0.25, -0.2) is 0 Å². The molecule has 26 heavy (non-hydrogen) atoms. The lowest BCUT2D eigenvalue weighted by Gasteiger charge is -2.38. The van der Waals surface area contributed by atoms with Gasteiger partial charge in [-0.1, -0.05) is 12.1 Å². The van der Waals surface area contributed by atoms with E-state index >= 15 is 0 Å². The number of carbonyl (C=O) groups is 1. The number of benzene rings is 1. The monoisotopic (exact) mass is 396 g/mol. The lowest BCUT2D eigenvalue weighted by molar-refractivity contribution is -0.274. The van der Waals surface area contributed by atoms with Crippen molar-refractivity contribution in [2.45, 2.75) is 25.7 Å². The van der Waals surface area contributed by atoms with Crippen molar-refractivity contribution in [1.82, 2.24) is 10.2 Å². The van der Waals surface area contributed by atoms with E-state index in [1.807, 2.05) is 0 Å². The second kappa shape index (κ2) is 9.43. The van der Waals surface area contributed by atoms with E-state index in [0.717, 1.165) is 18.7 Å². The summed E-state index contributed by atoms with van der Waals surface area (Å²) < 4.78 is 45.7. The second-order valence-electron chi connectivity index (χ2n) is 6.32. The zero-order valence-corrected chi connectivity index (χ0v) is 15.6. The molecule has 0 saturated carbocycles. The van der Waals surface area contributed by atoms with Gasteiger partial charge in [0.25, 0.3) is 0 Å². The Hall–Kier alpha value is -1.51. The number of amides is 1. The van der Waals surface area contributed by atoms with E-state index in [1.165, 1.54) is 24.3 Å². The maximum Gasteiger partial charge on any atom is 0.573 e. The predicted molar refractivity (Wildman–Crippen MR) is 93.3 cm³/mol. The molecule has 0 atom stereocenters. The third-order valence-electron chi connectivity index (χ3n) is 4.36. The first-order chi connectivity index (χ1) is 11.8. The first kappa shape index (κ1) is 22.5. The highest BCUT2D eigenvalue weighted by Gasteiger charge is 2.41. The fraction of sp³-hybridized carbons (Fsp3) is 0.588. The zero-order chi connectivity index (χ0) is 18.5. The lowest BCUT2D eigenvalue weighted by Crippen LogP contribution is -2.50. The van der Waals surface area contributed by atoms with E-state index < -0.39 is 11.8 Å². The van der Waals surface area contributed by atoms with Crippen molar-refractivity contribution in [3.05, 3.63) is 29.8 Å². The average molecular weight is 397 g/mol. The highest BCUT2D eigenvalue weighted by atomic mass is 35.5. The number of nitrogens with zero attached hydrogens (tertiary/aromatic N) is 1. The molecule has 1 fully saturated rings. The van der Waals surface area contributed by atoms with Gasteiger partial charge in [0.1, 0.15) is 5.75 Å². The minimum atomic E-state index is -4.71. The molecule has 1 saturated heterocycles. The van der Waals surface area contributed by atoms with Crippen LogP contribution in [-0.4, -0.2) is 51.0 Å². The molecular formula is C17H24ClF3N2O3. The quantitative estimate of drug-likeness (QED) is 0.803. The van der Waals surface area contributed by atoms with E-state index in [0.29, 0.717) is 26.0 Å². The van der Waals surface area contributed by atoms with Crippen LogP contribution in [0.3, 0.4) is 0 Å². The smallest absolute Gasteiger partial charge is 0.406 e. The molecular weight excluding hydrogens is 373 g/mol.